The van der Waals surface area contributed by atoms with Crippen molar-refractivity contribution in [2.45, 2.75) is 0 Å². The van der Waals surface area contributed by atoms with E-state index in [2.05, 4.69) is 14.2 Å². The summed E-state index contributed by atoms with van der Waals surface area (Å²) in [6.45, 7) is 0. The molecule has 24 heavy (non-hydrogen) atoms. The highest BCUT2D eigenvalue weighted by Crippen LogP contribution is 2.34. The number of hydrogen-bond donors (Lipinski definition) is 2. The van der Waals surface area contributed by atoms with Gasteiger partial charge in [0, 0.05) is 17.4 Å². The Morgan fingerprint density at radius 3 is 2.96 bits per heavy atom. The number of allylic oxidation sites excluding steroid dienone is 2. The van der Waals surface area contributed by atoms with Gasteiger partial charge in [-0.05, 0) is 30.4 Å². The molecule has 2 aliphatic heterocycles. The molecular weight excluding hydrogens is 374 g/mol. The standard InChI is InChI=1S/C14H12ClN3O4S2/c1-22-14(19)10-7-9(15)4-5-11(10)17-24(20,21)13-3-2-6-18-12(13)8-16-23-18/h2-8,16-17H,1H3. The summed E-state index contributed by atoms with van der Waals surface area (Å²) in [5, 5.41) is 0.295. The molecule has 2 heterocycles. The average molecular weight is 386 g/mol. The van der Waals surface area contributed by atoms with E-state index < -0.39 is 16.0 Å². The SMILES string of the molecule is COC(=O)c1cc(Cl)ccc1NS(=O)(=O)C1=CC=CN2SNC=C12. The first-order chi connectivity index (χ1) is 11.4. The summed E-state index contributed by atoms with van der Waals surface area (Å²) in [5.74, 6) is -0.688. The quantitative estimate of drug-likeness (QED) is 0.608. The molecule has 0 amide bonds. The van der Waals surface area contributed by atoms with E-state index in [1.54, 1.807) is 22.8 Å². The number of carbonyl (C=O) groups excluding carboxylic acids is 1. The molecule has 0 fully saturated rings. The second kappa shape index (κ2) is 6.42. The Hall–Kier alpha value is -2.10. The molecule has 0 radical (unpaired) electrons. The van der Waals surface area contributed by atoms with E-state index in [9.17, 15) is 13.2 Å². The van der Waals surface area contributed by atoms with Crippen LogP contribution in [-0.4, -0.2) is 25.8 Å². The maximum absolute atomic E-state index is 12.7. The fourth-order valence-electron chi connectivity index (χ4n) is 2.15. The Labute approximate surface area is 148 Å². The molecule has 0 saturated carbocycles. The van der Waals surface area contributed by atoms with Crippen LogP contribution in [0.5, 0.6) is 0 Å². The third-order valence-corrected chi connectivity index (χ3v) is 5.61. The normalized spacial score (nSPS) is 16.0. The maximum Gasteiger partial charge on any atom is 0.340 e. The zero-order chi connectivity index (χ0) is 17.3. The van der Waals surface area contributed by atoms with Gasteiger partial charge in [-0.2, -0.15) is 0 Å². The Kier molecular flexibility index (Phi) is 4.48. The lowest BCUT2D eigenvalue weighted by Crippen LogP contribution is -2.22. The molecule has 0 saturated heterocycles. The summed E-state index contributed by atoms with van der Waals surface area (Å²) < 4.78 is 37.1. The predicted molar refractivity (Wildman–Crippen MR) is 93.2 cm³/mol. The van der Waals surface area contributed by atoms with Crippen molar-refractivity contribution in [1.29, 1.82) is 0 Å². The molecule has 0 unspecified atom stereocenters. The van der Waals surface area contributed by atoms with Gasteiger partial charge in [-0.3, -0.25) is 9.03 Å². The van der Waals surface area contributed by atoms with E-state index in [4.69, 9.17) is 11.6 Å². The minimum Gasteiger partial charge on any atom is -0.465 e. The summed E-state index contributed by atoms with van der Waals surface area (Å²) in [4.78, 5) is 11.9. The van der Waals surface area contributed by atoms with Crippen molar-refractivity contribution in [1.82, 2.24) is 9.03 Å². The number of nitrogens with one attached hydrogen (secondary N) is 2. The number of sulfonamides is 1. The maximum atomic E-state index is 12.7. The van der Waals surface area contributed by atoms with Crippen molar-refractivity contribution in [3.63, 3.8) is 0 Å². The van der Waals surface area contributed by atoms with Gasteiger partial charge in [0.2, 0.25) is 0 Å². The summed E-state index contributed by atoms with van der Waals surface area (Å²) in [5.41, 5.74) is 0.612. The Morgan fingerprint density at radius 1 is 1.42 bits per heavy atom. The minimum atomic E-state index is -3.92. The highest BCUT2D eigenvalue weighted by molar-refractivity contribution is 7.97. The second-order valence-electron chi connectivity index (χ2n) is 4.72. The molecular formula is C14H12ClN3O4S2. The van der Waals surface area contributed by atoms with E-state index in [0.29, 0.717) is 10.7 Å². The smallest absolute Gasteiger partial charge is 0.340 e. The van der Waals surface area contributed by atoms with Crippen molar-refractivity contribution >= 4 is 45.4 Å². The zero-order valence-corrected chi connectivity index (χ0v) is 14.7. The number of nitrogens with zero attached hydrogens (tertiary/aromatic N) is 1. The molecule has 2 N–H and O–H groups in total. The first-order valence-corrected chi connectivity index (χ1v) is 9.27. The Morgan fingerprint density at radius 2 is 2.21 bits per heavy atom. The van der Waals surface area contributed by atoms with Gasteiger partial charge in [-0.15, -0.1) is 0 Å². The van der Waals surface area contributed by atoms with Crippen molar-refractivity contribution in [2.24, 2.45) is 0 Å². The lowest BCUT2D eigenvalue weighted by molar-refractivity contribution is 0.0602. The number of esters is 1. The van der Waals surface area contributed by atoms with Gasteiger partial charge in [0.15, 0.2) is 0 Å². The van der Waals surface area contributed by atoms with Gasteiger partial charge < -0.3 is 9.46 Å². The number of methoxy groups -OCH3 is 1. The number of anilines is 1. The molecule has 126 valence electrons. The van der Waals surface area contributed by atoms with Gasteiger partial charge in [0.05, 0.1) is 36.2 Å². The molecule has 0 atom stereocenters. The number of ether oxygens (including phenoxy) is 1. The van der Waals surface area contributed by atoms with Gasteiger partial charge in [-0.1, -0.05) is 11.6 Å². The molecule has 10 heteroatoms. The van der Waals surface area contributed by atoms with E-state index in [0.717, 1.165) is 0 Å². The summed E-state index contributed by atoms with van der Waals surface area (Å²) in [7, 11) is -2.71. The summed E-state index contributed by atoms with van der Waals surface area (Å²) in [6.07, 6.45) is 6.42. The third-order valence-electron chi connectivity index (χ3n) is 3.23. The molecule has 3 rings (SSSR count). The zero-order valence-electron chi connectivity index (χ0n) is 12.3. The van der Waals surface area contributed by atoms with Crippen LogP contribution in [0.2, 0.25) is 5.02 Å². The van der Waals surface area contributed by atoms with Crippen LogP contribution in [0.1, 0.15) is 10.4 Å². The first kappa shape index (κ1) is 16.7. The number of benzene rings is 1. The van der Waals surface area contributed by atoms with Gasteiger partial charge in [0.1, 0.15) is 4.91 Å². The fraction of sp³-hybridized carbons (Fsp3) is 0.0714. The summed E-state index contributed by atoms with van der Waals surface area (Å²) >= 11 is 7.12. The fourth-order valence-corrected chi connectivity index (χ4v) is 4.30. The Balaban J connectivity index is 1.98. The monoisotopic (exact) mass is 385 g/mol. The second-order valence-corrected chi connectivity index (χ2v) is 7.62. The number of rotatable bonds is 4. The molecule has 0 aliphatic carbocycles. The van der Waals surface area contributed by atoms with Gasteiger partial charge in [-0.25, -0.2) is 13.2 Å². The van der Waals surface area contributed by atoms with Gasteiger partial charge >= 0.3 is 5.97 Å². The Bertz CT molecular complexity index is 893. The molecule has 0 bridgehead atoms. The van der Waals surface area contributed by atoms with Crippen LogP contribution in [0.25, 0.3) is 0 Å². The van der Waals surface area contributed by atoms with Crippen molar-refractivity contribution in [2.75, 3.05) is 11.8 Å². The lowest BCUT2D eigenvalue weighted by Gasteiger charge is -2.21. The van der Waals surface area contributed by atoms with E-state index >= 15 is 0 Å². The third kappa shape index (κ3) is 3.10. The van der Waals surface area contributed by atoms with Crippen molar-refractivity contribution in [3.8, 4) is 0 Å². The largest absolute Gasteiger partial charge is 0.465 e. The number of carbonyl (C=O) groups is 1. The van der Waals surface area contributed by atoms with Crippen LogP contribution in [0.3, 0.4) is 0 Å². The summed E-state index contributed by atoms with van der Waals surface area (Å²) in [6, 6.07) is 4.25. The van der Waals surface area contributed by atoms with Crippen molar-refractivity contribution < 1.29 is 17.9 Å². The molecule has 0 spiro atoms. The van der Waals surface area contributed by atoms with Crippen LogP contribution < -0.4 is 9.44 Å². The molecule has 1 aromatic carbocycles. The number of fused-ring (bicyclic) bond motifs is 1. The average Bonchev–Trinajstić information content (AvgIpc) is 3.04. The van der Waals surface area contributed by atoms with Crippen LogP contribution in [0.15, 0.2) is 53.4 Å². The van der Waals surface area contributed by atoms with Crippen LogP contribution in [0, 0.1) is 0 Å². The highest BCUT2D eigenvalue weighted by Gasteiger charge is 2.30. The van der Waals surface area contributed by atoms with Gasteiger partial charge in [0.25, 0.3) is 10.0 Å². The van der Waals surface area contributed by atoms with E-state index in [-0.39, 0.29) is 16.2 Å². The van der Waals surface area contributed by atoms with E-state index in [1.807, 2.05) is 0 Å². The molecule has 7 nitrogen and oxygen atoms in total. The molecule has 0 aromatic heterocycles. The molecule has 2 aliphatic rings. The highest BCUT2D eigenvalue weighted by atomic mass is 35.5. The van der Waals surface area contributed by atoms with Crippen LogP contribution in [0.4, 0.5) is 5.69 Å². The van der Waals surface area contributed by atoms with E-state index in [1.165, 1.54) is 43.5 Å². The number of hydrogen-bond acceptors (Lipinski definition) is 7. The van der Waals surface area contributed by atoms with Crippen LogP contribution in [-0.2, 0) is 14.8 Å². The minimum absolute atomic E-state index is 0.0327. The van der Waals surface area contributed by atoms with Crippen molar-refractivity contribution in [3.05, 3.63) is 63.9 Å². The van der Waals surface area contributed by atoms with Crippen LogP contribution >= 0.6 is 23.7 Å². The topological polar surface area (TPSA) is 87.7 Å². The predicted octanol–water partition coefficient (Wildman–Crippen LogP) is 2.59. The number of halogens is 1. The molecule has 1 aromatic rings. The first-order valence-electron chi connectivity index (χ1n) is 6.64. The lowest BCUT2D eigenvalue weighted by atomic mass is 10.2.